The van der Waals surface area contributed by atoms with Crippen molar-refractivity contribution in [1.82, 2.24) is 20.4 Å². The van der Waals surface area contributed by atoms with Crippen LogP contribution in [-0.2, 0) is 13.0 Å². The average molecular weight is 246 g/mol. The van der Waals surface area contributed by atoms with E-state index in [1.54, 1.807) is 6.20 Å². The van der Waals surface area contributed by atoms with E-state index in [-0.39, 0.29) is 0 Å². The molecule has 0 aromatic carbocycles. The van der Waals surface area contributed by atoms with Gasteiger partial charge in [0.2, 0.25) is 11.7 Å². The third-order valence-electron chi connectivity index (χ3n) is 2.66. The second kappa shape index (κ2) is 6.26. The Labute approximate surface area is 107 Å². The Bertz CT molecular complexity index is 495. The third-order valence-corrected chi connectivity index (χ3v) is 2.66. The second-order valence-electron chi connectivity index (χ2n) is 4.05. The smallest absolute Gasteiger partial charge is 0.240 e. The van der Waals surface area contributed by atoms with Crippen LogP contribution >= 0.6 is 0 Å². The van der Waals surface area contributed by atoms with Gasteiger partial charge in [-0.1, -0.05) is 25.1 Å². The Hall–Kier alpha value is -1.75. The molecule has 0 atom stereocenters. The molecule has 2 aromatic rings. The summed E-state index contributed by atoms with van der Waals surface area (Å²) in [5.41, 5.74) is 1.94. The molecular weight excluding hydrogens is 228 g/mol. The highest BCUT2D eigenvalue weighted by Crippen LogP contribution is 2.18. The molecule has 2 rings (SSSR count). The summed E-state index contributed by atoms with van der Waals surface area (Å²) in [7, 11) is 0. The zero-order valence-corrected chi connectivity index (χ0v) is 10.8. The molecule has 18 heavy (non-hydrogen) atoms. The fourth-order valence-electron chi connectivity index (χ4n) is 1.72. The molecular formula is C13H18N4O. The molecule has 0 bridgehead atoms. The maximum absolute atomic E-state index is 5.20. The van der Waals surface area contributed by atoms with Crippen molar-refractivity contribution in [1.29, 1.82) is 0 Å². The molecule has 0 fully saturated rings. The first-order chi connectivity index (χ1) is 8.85. The summed E-state index contributed by atoms with van der Waals surface area (Å²) in [6.45, 7) is 5.76. The zero-order chi connectivity index (χ0) is 12.8. The van der Waals surface area contributed by atoms with E-state index >= 15 is 0 Å². The van der Waals surface area contributed by atoms with Crippen molar-refractivity contribution >= 4 is 0 Å². The van der Waals surface area contributed by atoms with E-state index in [1.165, 1.54) is 0 Å². The lowest BCUT2D eigenvalue weighted by atomic mass is 10.1. The fraction of sp³-hybridized carbons (Fsp3) is 0.462. The summed E-state index contributed by atoms with van der Waals surface area (Å²) in [5.74, 6) is 1.17. The van der Waals surface area contributed by atoms with Crippen LogP contribution in [0.3, 0.4) is 0 Å². The lowest BCUT2D eigenvalue weighted by Crippen LogP contribution is -2.13. The Kier molecular flexibility index (Phi) is 4.41. The normalized spacial score (nSPS) is 10.8. The molecule has 0 saturated carbocycles. The monoisotopic (exact) mass is 246 g/mol. The van der Waals surface area contributed by atoms with E-state index in [4.69, 9.17) is 4.52 Å². The number of nitrogens with zero attached hydrogens (tertiary/aromatic N) is 3. The van der Waals surface area contributed by atoms with Crippen LogP contribution in [0.4, 0.5) is 0 Å². The van der Waals surface area contributed by atoms with Crippen molar-refractivity contribution in [2.45, 2.75) is 33.2 Å². The van der Waals surface area contributed by atoms with Gasteiger partial charge in [0.15, 0.2) is 0 Å². The molecule has 0 aliphatic rings. The van der Waals surface area contributed by atoms with E-state index in [9.17, 15) is 0 Å². The summed E-state index contributed by atoms with van der Waals surface area (Å²) in [6.07, 6.45) is 3.74. The summed E-state index contributed by atoms with van der Waals surface area (Å²) in [4.78, 5) is 8.68. The van der Waals surface area contributed by atoms with Crippen molar-refractivity contribution in [3.8, 4) is 11.5 Å². The van der Waals surface area contributed by atoms with Gasteiger partial charge in [0.05, 0.1) is 6.54 Å². The van der Waals surface area contributed by atoms with Gasteiger partial charge in [0, 0.05) is 6.20 Å². The summed E-state index contributed by atoms with van der Waals surface area (Å²) < 4.78 is 5.20. The highest BCUT2D eigenvalue weighted by molar-refractivity contribution is 5.53. The van der Waals surface area contributed by atoms with E-state index in [0.717, 1.165) is 30.6 Å². The summed E-state index contributed by atoms with van der Waals surface area (Å²) in [6, 6.07) is 3.96. The molecule has 5 nitrogen and oxygen atoms in total. The molecule has 96 valence electrons. The molecule has 5 heteroatoms. The first-order valence-electron chi connectivity index (χ1n) is 6.32. The van der Waals surface area contributed by atoms with Crippen LogP contribution in [0.5, 0.6) is 0 Å². The van der Waals surface area contributed by atoms with Gasteiger partial charge in [0.1, 0.15) is 5.69 Å². The topological polar surface area (TPSA) is 63.8 Å². The van der Waals surface area contributed by atoms with Crippen molar-refractivity contribution in [3.63, 3.8) is 0 Å². The van der Waals surface area contributed by atoms with Gasteiger partial charge in [0.25, 0.3) is 0 Å². The molecule has 2 heterocycles. The number of hydrogen-bond acceptors (Lipinski definition) is 5. The Morgan fingerprint density at radius 1 is 1.33 bits per heavy atom. The highest BCUT2D eigenvalue weighted by atomic mass is 16.5. The minimum atomic E-state index is 0.570. The second-order valence-corrected chi connectivity index (χ2v) is 4.05. The number of nitrogens with one attached hydrogen (secondary N) is 1. The maximum atomic E-state index is 5.20. The molecule has 0 aliphatic carbocycles. The molecule has 0 unspecified atom stereocenters. The standard InChI is InChI=1S/C13H18N4O/c1-3-7-14-9-11-16-13(17-18-11)12-10(4-2)6-5-8-15-12/h5-6,8,14H,3-4,7,9H2,1-2H3. The van der Waals surface area contributed by atoms with Crippen LogP contribution in [-0.4, -0.2) is 21.7 Å². The van der Waals surface area contributed by atoms with Gasteiger partial charge in [-0.3, -0.25) is 4.98 Å². The van der Waals surface area contributed by atoms with E-state index in [1.807, 2.05) is 12.1 Å². The van der Waals surface area contributed by atoms with Crippen molar-refractivity contribution in [3.05, 3.63) is 29.8 Å². The number of rotatable bonds is 6. The van der Waals surface area contributed by atoms with E-state index in [0.29, 0.717) is 18.3 Å². The van der Waals surface area contributed by atoms with Gasteiger partial charge < -0.3 is 9.84 Å². The first-order valence-corrected chi connectivity index (χ1v) is 6.32. The van der Waals surface area contributed by atoms with Crippen LogP contribution in [0.15, 0.2) is 22.9 Å². The molecule has 0 saturated heterocycles. The minimum Gasteiger partial charge on any atom is -0.337 e. The molecule has 0 amide bonds. The summed E-state index contributed by atoms with van der Waals surface area (Å²) >= 11 is 0. The lowest BCUT2D eigenvalue weighted by molar-refractivity contribution is 0.368. The van der Waals surface area contributed by atoms with Gasteiger partial charge in [-0.05, 0) is 31.0 Å². The third kappa shape index (κ3) is 2.92. The van der Waals surface area contributed by atoms with E-state index in [2.05, 4.69) is 34.3 Å². The number of aromatic nitrogens is 3. The predicted molar refractivity (Wildman–Crippen MR) is 68.9 cm³/mol. The first kappa shape index (κ1) is 12.7. The Balaban J connectivity index is 2.13. The molecule has 2 aromatic heterocycles. The quantitative estimate of drug-likeness (QED) is 0.791. The van der Waals surface area contributed by atoms with Gasteiger partial charge in [-0.25, -0.2) is 0 Å². The van der Waals surface area contributed by atoms with Gasteiger partial charge in [-0.2, -0.15) is 4.98 Å². The predicted octanol–water partition coefficient (Wildman–Crippen LogP) is 2.19. The van der Waals surface area contributed by atoms with E-state index < -0.39 is 0 Å². The number of aryl methyl sites for hydroxylation is 1. The van der Waals surface area contributed by atoms with Crippen molar-refractivity contribution < 1.29 is 4.52 Å². The largest absolute Gasteiger partial charge is 0.337 e. The number of hydrogen-bond donors (Lipinski definition) is 1. The SMILES string of the molecule is CCCNCc1nc(-c2ncccc2CC)no1. The Morgan fingerprint density at radius 3 is 3.00 bits per heavy atom. The zero-order valence-electron chi connectivity index (χ0n) is 10.8. The Morgan fingerprint density at radius 2 is 2.22 bits per heavy atom. The minimum absolute atomic E-state index is 0.570. The highest BCUT2D eigenvalue weighted by Gasteiger charge is 2.12. The number of pyridine rings is 1. The average Bonchev–Trinajstić information content (AvgIpc) is 2.88. The van der Waals surface area contributed by atoms with Crippen LogP contribution < -0.4 is 5.32 Å². The molecule has 1 N–H and O–H groups in total. The fourth-order valence-corrected chi connectivity index (χ4v) is 1.72. The van der Waals surface area contributed by atoms with Crippen LogP contribution in [0.25, 0.3) is 11.5 Å². The van der Waals surface area contributed by atoms with Crippen molar-refractivity contribution in [2.75, 3.05) is 6.54 Å². The van der Waals surface area contributed by atoms with Gasteiger partial charge >= 0.3 is 0 Å². The molecule has 0 aliphatic heterocycles. The van der Waals surface area contributed by atoms with Crippen molar-refractivity contribution in [2.24, 2.45) is 0 Å². The van der Waals surface area contributed by atoms with Crippen LogP contribution in [0, 0.1) is 0 Å². The van der Waals surface area contributed by atoms with Crippen LogP contribution in [0.2, 0.25) is 0 Å². The van der Waals surface area contributed by atoms with Crippen LogP contribution in [0.1, 0.15) is 31.7 Å². The molecule has 0 spiro atoms. The molecule has 0 radical (unpaired) electrons. The van der Waals surface area contributed by atoms with Gasteiger partial charge in [-0.15, -0.1) is 0 Å². The lowest BCUT2D eigenvalue weighted by Gasteiger charge is -2.00. The summed E-state index contributed by atoms with van der Waals surface area (Å²) in [5, 5.41) is 7.21. The maximum Gasteiger partial charge on any atom is 0.240 e.